The summed E-state index contributed by atoms with van der Waals surface area (Å²) in [5, 5.41) is 21.9. The first-order valence-electron chi connectivity index (χ1n) is 6.41. The lowest BCUT2D eigenvalue weighted by atomic mass is 10.1. The third kappa shape index (κ3) is 2.25. The Bertz CT molecular complexity index is 871. The molecule has 2 aromatic carbocycles. The Morgan fingerprint density at radius 1 is 1.23 bits per heavy atom. The second kappa shape index (κ2) is 5.27. The fourth-order valence-electron chi connectivity index (χ4n) is 2.32. The van der Waals surface area contributed by atoms with Crippen molar-refractivity contribution >= 4 is 39.7 Å². The van der Waals surface area contributed by atoms with E-state index in [0.29, 0.717) is 0 Å². The van der Waals surface area contributed by atoms with Gasteiger partial charge < -0.3 is 5.32 Å². The van der Waals surface area contributed by atoms with Gasteiger partial charge in [-0.2, -0.15) is 0 Å². The molecular weight excluding hydrogens is 308 g/mol. The molecule has 0 saturated heterocycles. The van der Waals surface area contributed by atoms with Gasteiger partial charge in [-0.15, -0.1) is 0 Å². The molecule has 22 heavy (non-hydrogen) atoms. The van der Waals surface area contributed by atoms with Gasteiger partial charge in [-0.3, -0.25) is 10.1 Å². The van der Waals surface area contributed by atoms with Crippen LogP contribution in [0, 0.1) is 24.0 Å². The number of nitrogens with zero attached hydrogens (tertiary/aromatic N) is 3. The zero-order valence-electron chi connectivity index (χ0n) is 11.8. The van der Waals surface area contributed by atoms with Crippen molar-refractivity contribution in [2.24, 2.45) is 0 Å². The van der Waals surface area contributed by atoms with Crippen molar-refractivity contribution < 1.29 is 9.55 Å². The molecule has 0 saturated carbocycles. The highest BCUT2D eigenvalue weighted by atomic mass is 35.5. The molecule has 8 heteroatoms. The van der Waals surface area contributed by atoms with Crippen LogP contribution in [0.25, 0.3) is 11.0 Å². The van der Waals surface area contributed by atoms with Gasteiger partial charge in [0.05, 0.1) is 9.95 Å². The first-order chi connectivity index (χ1) is 10.5. The number of para-hydroxylation sites is 1. The second-order valence-corrected chi connectivity index (χ2v) is 5.27. The number of nitro benzene ring substituents is 1. The molecule has 0 bridgehead atoms. The topological polar surface area (TPSA) is 94.1 Å². The number of nitrogens with one attached hydrogen (secondary N) is 1. The third-order valence-electron chi connectivity index (χ3n) is 3.39. The van der Waals surface area contributed by atoms with Crippen LogP contribution in [0.1, 0.15) is 11.1 Å². The number of aromatic nitrogens is 2. The predicted molar refractivity (Wildman–Crippen MR) is 82.7 cm³/mol. The Labute approximate surface area is 130 Å². The van der Waals surface area contributed by atoms with Gasteiger partial charge in [0.1, 0.15) is 5.69 Å². The summed E-state index contributed by atoms with van der Waals surface area (Å²) in [5.41, 5.74) is 2.93. The second-order valence-electron chi connectivity index (χ2n) is 4.86. The molecule has 0 radical (unpaired) electrons. The van der Waals surface area contributed by atoms with Crippen molar-refractivity contribution in [3.05, 3.63) is 50.5 Å². The smallest absolute Gasteiger partial charge is 0.324 e. The molecule has 0 amide bonds. The third-order valence-corrected chi connectivity index (χ3v) is 3.68. The van der Waals surface area contributed by atoms with E-state index in [4.69, 9.17) is 11.6 Å². The van der Waals surface area contributed by atoms with Crippen LogP contribution in [-0.4, -0.2) is 15.2 Å². The fourth-order valence-corrected chi connectivity index (χ4v) is 2.55. The van der Waals surface area contributed by atoms with E-state index in [9.17, 15) is 10.1 Å². The number of fused-ring (bicyclic) bond motifs is 1. The summed E-state index contributed by atoms with van der Waals surface area (Å²) in [6, 6.07) is 7.21. The van der Waals surface area contributed by atoms with Crippen LogP contribution in [0.3, 0.4) is 0 Å². The van der Waals surface area contributed by atoms with Crippen LogP contribution in [0.2, 0.25) is 5.02 Å². The number of hydrogen-bond acceptors (Lipinski definition) is 6. The number of anilines is 2. The monoisotopic (exact) mass is 318 g/mol. The van der Waals surface area contributed by atoms with E-state index in [1.165, 1.54) is 6.07 Å². The molecule has 0 spiro atoms. The van der Waals surface area contributed by atoms with Gasteiger partial charge in [0.2, 0.25) is 5.52 Å². The number of nitro groups is 1. The molecule has 3 rings (SSSR count). The Morgan fingerprint density at radius 2 is 1.86 bits per heavy atom. The standard InChI is InChI=1S/C14H11ClN4O3/c1-7-4-3-5-8(2)11(7)16-10-6-9(15)12-13(18-22-17-12)14(10)19(20)21/h3-6,16H,1-2H3. The summed E-state index contributed by atoms with van der Waals surface area (Å²) in [4.78, 5) is 10.9. The molecule has 112 valence electrons. The highest BCUT2D eigenvalue weighted by Crippen LogP contribution is 2.38. The number of aryl methyl sites for hydroxylation is 2. The molecule has 7 nitrogen and oxygen atoms in total. The van der Waals surface area contributed by atoms with Crippen molar-refractivity contribution in [2.45, 2.75) is 13.8 Å². The average molecular weight is 319 g/mol. The van der Waals surface area contributed by atoms with E-state index < -0.39 is 4.92 Å². The molecule has 0 unspecified atom stereocenters. The normalized spacial score (nSPS) is 10.9. The van der Waals surface area contributed by atoms with E-state index in [-0.39, 0.29) is 27.4 Å². The van der Waals surface area contributed by atoms with E-state index >= 15 is 0 Å². The average Bonchev–Trinajstić information content (AvgIpc) is 2.92. The summed E-state index contributed by atoms with van der Waals surface area (Å²) < 4.78 is 4.57. The lowest BCUT2D eigenvalue weighted by Crippen LogP contribution is -2.01. The van der Waals surface area contributed by atoms with E-state index in [2.05, 4.69) is 20.3 Å². The summed E-state index contributed by atoms with van der Waals surface area (Å²) in [6.45, 7) is 3.83. The number of rotatable bonds is 3. The van der Waals surface area contributed by atoms with Crippen LogP contribution < -0.4 is 5.32 Å². The van der Waals surface area contributed by atoms with E-state index in [1.54, 1.807) is 0 Å². The zero-order chi connectivity index (χ0) is 15.9. The van der Waals surface area contributed by atoms with Crippen LogP contribution in [0.15, 0.2) is 28.9 Å². The maximum atomic E-state index is 11.4. The van der Waals surface area contributed by atoms with Crippen molar-refractivity contribution in [3.63, 3.8) is 0 Å². The van der Waals surface area contributed by atoms with Gasteiger partial charge in [-0.1, -0.05) is 29.8 Å². The van der Waals surface area contributed by atoms with Gasteiger partial charge in [-0.25, -0.2) is 4.63 Å². The molecule has 0 aliphatic rings. The molecule has 0 aliphatic carbocycles. The van der Waals surface area contributed by atoms with Gasteiger partial charge in [-0.05, 0) is 41.4 Å². The van der Waals surface area contributed by atoms with Gasteiger partial charge in [0, 0.05) is 5.69 Å². The lowest BCUT2D eigenvalue weighted by molar-refractivity contribution is -0.382. The van der Waals surface area contributed by atoms with Gasteiger partial charge in [0.25, 0.3) is 0 Å². The molecule has 0 atom stereocenters. The first-order valence-corrected chi connectivity index (χ1v) is 6.79. The number of benzene rings is 2. The van der Waals surface area contributed by atoms with E-state index in [1.807, 2.05) is 32.0 Å². The zero-order valence-corrected chi connectivity index (χ0v) is 12.5. The molecular formula is C14H11ClN4O3. The minimum Gasteiger partial charge on any atom is -0.349 e. The molecule has 1 heterocycles. The van der Waals surface area contributed by atoms with Gasteiger partial charge >= 0.3 is 5.69 Å². The summed E-state index contributed by atoms with van der Waals surface area (Å²) >= 11 is 6.10. The highest BCUT2D eigenvalue weighted by Gasteiger charge is 2.25. The fraction of sp³-hybridized carbons (Fsp3) is 0.143. The predicted octanol–water partition coefficient (Wildman–Crippen LogP) is 4.14. The number of halogens is 1. The van der Waals surface area contributed by atoms with Crippen LogP contribution in [0.4, 0.5) is 17.1 Å². The van der Waals surface area contributed by atoms with E-state index in [0.717, 1.165) is 16.8 Å². The molecule has 3 aromatic rings. The van der Waals surface area contributed by atoms with Crippen molar-refractivity contribution in [1.82, 2.24) is 10.3 Å². The molecule has 0 fully saturated rings. The Balaban J connectivity index is 2.22. The van der Waals surface area contributed by atoms with Crippen molar-refractivity contribution in [3.8, 4) is 0 Å². The maximum Gasteiger partial charge on any atom is 0.324 e. The molecule has 0 aliphatic heterocycles. The van der Waals surface area contributed by atoms with Crippen LogP contribution in [0.5, 0.6) is 0 Å². The summed E-state index contributed by atoms with van der Waals surface area (Å²) in [7, 11) is 0. The van der Waals surface area contributed by atoms with Crippen LogP contribution in [-0.2, 0) is 0 Å². The minimum atomic E-state index is -0.529. The summed E-state index contributed by atoms with van der Waals surface area (Å²) in [6.07, 6.45) is 0. The number of hydrogen-bond donors (Lipinski definition) is 1. The Kier molecular flexibility index (Phi) is 3.42. The Hall–Kier alpha value is -2.67. The SMILES string of the molecule is Cc1cccc(C)c1Nc1cc(Cl)c2nonc2c1[N+](=O)[O-]. The van der Waals surface area contributed by atoms with Crippen molar-refractivity contribution in [1.29, 1.82) is 0 Å². The minimum absolute atomic E-state index is 0.0197. The van der Waals surface area contributed by atoms with Gasteiger partial charge in [0.15, 0.2) is 5.52 Å². The highest BCUT2D eigenvalue weighted by molar-refractivity contribution is 6.35. The largest absolute Gasteiger partial charge is 0.349 e. The summed E-state index contributed by atoms with van der Waals surface area (Å²) in [5.74, 6) is 0. The maximum absolute atomic E-state index is 11.4. The molecule has 1 aromatic heterocycles. The first kappa shape index (κ1) is 14.3. The molecule has 1 N–H and O–H groups in total. The van der Waals surface area contributed by atoms with Crippen molar-refractivity contribution in [2.75, 3.05) is 5.32 Å². The van der Waals surface area contributed by atoms with Crippen LogP contribution >= 0.6 is 11.6 Å². The lowest BCUT2D eigenvalue weighted by Gasteiger charge is -2.13. The Morgan fingerprint density at radius 3 is 2.50 bits per heavy atom. The quantitative estimate of drug-likeness (QED) is 0.576.